The van der Waals surface area contributed by atoms with Crippen LogP contribution in [0.2, 0.25) is 0 Å². The minimum absolute atomic E-state index is 1.01. The SMILES string of the molecule is CCCCNCc1ccc(N2CCCC2)cc1C. The van der Waals surface area contributed by atoms with E-state index in [4.69, 9.17) is 0 Å². The molecular formula is C16H26N2. The summed E-state index contributed by atoms with van der Waals surface area (Å²) in [6, 6.07) is 6.93. The predicted octanol–water partition coefficient (Wildman–Crippen LogP) is 3.48. The molecule has 1 saturated heterocycles. The van der Waals surface area contributed by atoms with Gasteiger partial charge >= 0.3 is 0 Å². The van der Waals surface area contributed by atoms with Gasteiger partial charge in [0.05, 0.1) is 0 Å². The van der Waals surface area contributed by atoms with Crippen LogP contribution in [0.5, 0.6) is 0 Å². The number of hydrogen-bond donors (Lipinski definition) is 1. The first-order valence-electron chi connectivity index (χ1n) is 7.36. The zero-order valence-electron chi connectivity index (χ0n) is 11.8. The molecule has 1 N–H and O–H groups in total. The van der Waals surface area contributed by atoms with Gasteiger partial charge in [-0.15, -0.1) is 0 Å². The average molecular weight is 246 g/mol. The minimum atomic E-state index is 1.01. The summed E-state index contributed by atoms with van der Waals surface area (Å²) in [5.41, 5.74) is 4.26. The van der Waals surface area contributed by atoms with Gasteiger partial charge in [0.25, 0.3) is 0 Å². The maximum atomic E-state index is 3.52. The van der Waals surface area contributed by atoms with Crippen LogP contribution in [-0.4, -0.2) is 19.6 Å². The highest BCUT2D eigenvalue weighted by Crippen LogP contribution is 2.23. The molecule has 0 spiro atoms. The molecule has 2 nitrogen and oxygen atoms in total. The molecule has 2 heteroatoms. The summed E-state index contributed by atoms with van der Waals surface area (Å²) in [5.74, 6) is 0. The third-order valence-electron chi connectivity index (χ3n) is 3.82. The van der Waals surface area contributed by atoms with Gasteiger partial charge < -0.3 is 10.2 Å². The van der Waals surface area contributed by atoms with Crippen molar-refractivity contribution in [3.8, 4) is 0 Å². The van der Waals surface area contributed by atoms with E-state index in [1.54, 1.807) is 0 Å². The molecule has 0 atom stereocenters. The third kappa shape index (κ3) is 3.49. The Morgan fingerprint density at radius 3 is 2.67 bits per heavy atom. The van der Waals surface area contributed by atoms with E-state index >= 15 is 0 Å². The third-order valence-corrected chi connectivity index (χ3v) is 3.82. The highest BCUT2D eigenvalue weighted by atomic mass is 15.1. The van der Waals surface area contributed by atoms with Crippen LogP contribution in [-0.2, 0) is 6.54 Å². The van der Waals surface area contributed by atoms with Crippen molar-refractivity contribution in [3.05, 3.63) is 29.3 Å². The van der Waals surface area contributed by atoms with Crippen molar-refractivity contribution in [1.82, 2.24) is 5.32 Å². The molecule has 2 rings (SSSR count). The summed E-state index contributed by atoms with van der Waals surface area (Å²) >= 11 is 0. The van der Waals surface area contributed by atoms with Gasteiger partial charge in [-0.1, -0.05) is 19.4 Å². The summed E-state index contributed by atoms with van der Waals surface area (Å²) < 4.78 is 0. The van der Waals surface area contributed by atoms with Crippen molar-refractivity contribution in [2.24, 2.45) is 0 Å². The molecule has 100 valence electrons. The van der Waals surface area contributed by atoms with Gasteiger partial charge in [0.1, 0.15) is 0 Å². The van der Waals surface area contributed by atoms with E-state index in [1.807, 2.05) is 0 Å². The molecule has 1 aromatic rings. The topological polar surface area (TPSA) is 15.3 Å². The Balaban J connectivity index is 1.92. The summed E-state index contributed by atoms with van der Waals surface area (Å²) in [6.07, 6.45) is 5.23. The van der Waals surface area contributed by atoms with E-state index in [1.165, 1.54) is 55.6 Å². The Labute approximate surface area is 111 Å². The Hall–Kier alpha value is -1.02. The van der Waals surface area contributed by atoms with Crippen LogP contribution in [0.3, 0.4) is 0 Å². The molecule has 0 unspecified atom stereocenters. The van der Waals surface area contributed by atoms with E-state index in [9.17, 15) is 0 Å². The molecular weight excluding hydrogens is 220 g/mol. The van der Waals surface area contributed by atoms with E-state index in [0.717, 1.165) is 13.1 Å². The summed E-state index contributed by atoms with van der Waals surface area (Å²) in [7, 11) is 0. The van der Waals surface area contributed by atoms with Crippen LogP contribution in [0, 0.1) is 6.92 Å². The lowest BCUT2D eigenvalue weighted by atomic mass is 10.1. The highest BCUT2D eigenvalue weighted by Gasteiger charge is 2.12. The molecule has 1 heterocycles. The Morgan fingerprint density at radius 1 is 1.22 bits per heavy atom. The van der Waals surface area contributed by atoms with Crippen molar-refractivity contribution in [3.63, 3.8) is 0 Å². The Morgan fingerprint density at radius 2 is 2.00 bits per heavy atom. The summed E-state index contributed by atoms with van der Waals surface area (Å²) in [6.45, 7) is 9.06. The molecule has 1 aliphatic rings. The quantitative estimate of drug-likeness (QED) is 0.773. The molecule has 1 fully saturated rings. The monoisotopic (exact) mass is 246 g/mol. The molecule has 0 aliphatic carbocycles. The lowest BCUT2D eigenvalue weighted by Gasteiger charge is -2.19. The summed E-state index contributed by atoms with van der Waals surface area (Å²) in [5, 5.41) is 3.52. The lowest BCUT2D eigenvalue weighted by Crippen LogP contribution is -2.18. The van der Waals surface area contributed by atoms with E-state index in [2.05, 4.69) is 42.3 Å². The van der Waals surface area contributed by atoms with E-state index in [0.29, 0.717) is 0 Å². The summed E-state index contributed by atoms with van der Waals surface area (Å²) in [4.78, 5) is 2.50. The number of rotatable bonds is 6. The molecule has 18 heavy (non-hydrogen) atoms. The van der Waals surface area contributed by atoms with E-state index < -0.39 is 0 Å². The van der Waals surface area contributed by atoms with Crippen LogP contribution in [0.1, 0.15) is 43.7 Å². The molecule has 0 bridgehead atoms. The van der Waals surface area contributed by atoms with Gasteiger partial charge in [0.15, 0.2) is 0 Å². The molecule has 0 radical (unpaired) electrons. The van der Waals surface area contributed by atoms with Crippen molar-refractivity contribution < 1.29 is 0 Å². The van der Waals surface area contributed by atoms with Gasteiger partial charge in [0, 0.05) is 25.3 Å². The first-order valence-corrected chi connectivity index (χ1v) is 7.36. The van der Waals surface area contributed by atoms with E-state index in [-0.39, 0.29) is 0 Å². The Bertz CT molecular complexity index is 367. The molecule has 1 aromatic carbocycles. The predicted molar refractivity (Wildman–Crippen MR) is 79.2 cm³/mol. The number of nitrogens with one attached hydrogen (secondary N) is 1. The lowest BCUT2D eigenvalue weighted by molar-refractivity contribution is 0.640. The molecule has 0 amide bonds. The fourth-order valence-corrected chi connectivity index (χ4v) is 2.58. The molecule has 0 saturated carbocycles. The van der Waals surface area contributed by atoms with Gasteiger partial charge in [-0.2, -0.15) is 0 Å². The fourth-order valence-electron chi connectivity index (χ4n) is 2.58. The first-order chi connectivity index (χ1) is 8.81. The zero-order chi connectivity index (χ0) is 12.8. The number of aryl methyl sites for hydroxylation is 1. The van der Waals surface area contributed by atoms with Crippen molar-refractivity contribution in [1.29, 1.82) is 0 Å². The standard InChI is InChI=1S/C16H26N2/c1-3-4-9-17-13-15-7-8-16(12-14(15)2)18-10-5-6-11-18/h7-8,12,17H,3-6,9-11,13H2,1-2H3. The number of anilines is 1. The van der Waals surface area contributed by atoms with Gasteiger partial charge in [0.2, 0.25) is 0 Å². The van der Waals surface area contributed by atoms with Crippen LogP contribution >= 0.6 is 0 Å². The first kappa shape index (κ1) is 13.4. The minimum Gasteiger partial charge on any atom is -0.372 e. The number of unbranched alkanes of at least 4 members (excludes halogenated alkanes) is 1. The second-order valence-electron chi connectivity index (χ2n) is 5.34. The largest absolute Gasteiger partial charge is 0.372 e. The fraction of sp³-hybridized carbons (Fsp3) is 0.625. The van der Waals surface area contributed by atoms with Crippen molar-refractivity contribution in [2.45, 2.75) is 46.1 Å². The second-order valence-corrected chi connectivity index (χ2v) is 5.34. The maximum Gasteiger partial charge on any atom is 0.0369 e. The number of nitrogens with zero attached hydrogens (tertiary/aromatic N) is 1. The molecule has 1 aliphatic heterocycles. The number of hydrogen-bond acceptors (Lipinski definition) is 2. The van der Waals surface area contributed by atoms with Crippen LogP contribution in [0.15, 0.2) is 18.2 Å². The Kier molecular flexibility index (Phi) is 5.06. The van der Waals surface area contributed by atoms with Crippen LogP contribution in [0.4, 0.5) is 5.69 Å². The zero-order valence-corrected chi connectivity index (χ0v) is 11.8. The number of benzene rings is 1. The second kappa shape index (κ2) is 6.79. The van der Waals surface area contributed by atoms with Crippen LogP contribution < -0.4 is 10.2 Å². The van der Waals surface area contributed by atoms with Crippen molar-refractivity contribution >= 4 is 5.69 Å². The highest BCUT2D eigenvalue weighted by molar-refractivity contribution is 5.51. The molecule has 0 aromatic heterocycles. The average Bonchev–Trinajstić information content (AvgIpc) is 2.90. The maximum absolute atomic E-state index is 3.52. The van der Waals surface area contributed by atoms with Gasteiger partial charge in [-0.25, -0.2) is 0 Å². The van der Waals surface area contributed by atoms with Gasteiger partial charge in [-0.05, 0) is 56.0 Å². The van der Waals surface area contributed by atoms with Crippen LogP contribution in [0.25, 0.3) is 0 Å². The van der Waals surface area contributed by atoms with Gasteiger partial charge in [-0.3, -0.25) is 0 Å². The smallest absolute Gasteiger partial charge is 0.0369 e. The van der Waals surface area contributed by atoms with Crippen molar-refractivity contribution in [2.75, 3.05) is 24.5 Å². The normalized spacial score (nSPS) is 15.3.